The van der Waals surface area contributed by atoms with Gasteiger partial charge in [0.1, 0.15) is 12.1 Å². The summed E-state index contributed by atoms with van der Waals surface area (Å²) in [6, 6.07) is 7.05. The van der Waals surface area contributed by atoms with Crippen molar-refractivity contribution >= 4 is 11.8 Å². The molecule has 124 valence electrons. The van der Waals surface area contributed by atoms with E-state index in [1.807, 2.05) is 24.3 Å². The third-order valence-electron chi connectivity index (χ3n) is 4.31. The normalized spacial score (nSPS) is 27.0. The van der Waals surface area contributed by atoms with Crippen LogP contribution in [0.15, 0.2) is 24.3 Å². The number of ether oxygens (including phenoxy) is 2. The molecule has 2 unspecified atom stereocenters. The molecule has 0 radical (unpaired) electrons. The molecular formula is C17H22N2O4. The molecule has 0 spiro atoms. The molecule has 1 aromatic carbocycles. The summed E-state index contributed by atoms with van der Waals surface area (Å²) in [7, 11) is 0. The van der Waals surface area contributed by atoms with Crippen molar-refractivity contribution in [2.24, 2.45) is 5.41 Å². The van der Waals surface area contributed by atoms with Gasteiger partial charge < -0.3 is 19.7 Å². The van der Waals surface area contributed by atoms with E-state index in [4.69, 9.17) is 9.47 Å². The van der Waals surface area contributed by atoms with Crippen LogP contribution in [0.1, 0.15) is 27.2 Å². The zero-order valence-corrected chi connectivity index (χ0v) is 13.7. The summed E-state index contributed by atoms with van der Waals surface area (Å²) in [4.78, 5) is 25.1. The fourth-order valence-corrected chi connectivity index (χ4v) is 3.20. The molecule has 6 heteroatoms. The zero-order chi connectivity index (χ0) is 16.6. The Hall–Kier alpha value is -2.24. The number of rotatable bonds is 0. The van der Waals surface area contributed by atoms with E-state index in [1.165, 1.54) is 0 Å². The quantitative estimate of drug-likeness (QED) is 0.788. The Bertz CT molecular complexity index is 606. The van der Waals surface area contributed by atoms with Crippen LogP contribution in [0.4, 0.5) is 0 Å². The molecule has 3 aliphatic rings. The number of hydrogen-bond donors (Lipinski definition) is 1. The minimum absolute atomic E-state index is 0.00248. The van der Waals surface area contributed by atoms with Gasteiger partial charge in [-0.2, -0.15) is 0 Å². The molecule has 2 saturated heterocycles. The number of piperazine rings is 1. The third-order valence-corrected chi connectivity index (χ3v) is 4.31. The standard InChI is InChI=1S/C10H16N2O2.C7H6O2/c1-6-9(14)12-5-10(2,3)4-7(12)8(13)11-6;1-2-4-7-6(3-1)8-5-9-7/h6-7H,4-5H2,1-3H3,(H,11,13);1-4H,5H2. The number of carbonyl (C=O) groups is 2. The Morgan fingerprint density at radius 2 is 1.78 bits per heavy atom. The Morgan fingerprint density at radius 3 is 2.39 bits per heavy atom. The Morgan fingerprint density at radius 1 is 1.17 bits per heavy atom. The first-order chi connectivity index (χ1) is 10.9. The Labute approximate surface area is 135 Å². The van der Waals surface area contributed by atoms with Crippen molar-refractivity contribution in [1.29, 1.82) is 0 Å². The van der Waals surface area contributed by atoms with Crippen molar-refractivity contribution in [3.05, 3.63) is 24.3 Å². The van der Waals surface area contributed by atoms with Crippen molar-refractivity contribution < 1.29 is 19.1 Å². The van der Waals surface area contributed by atoms with Gasteiger partial charge in [-0.25, -0.2) is 0 Å². The smallest absolute Gasteiger partial charge is 0.245 e. The number of para-hydroxylation sites is 2. The first-order valence-corrected chi connectivity index (χ1v) is 7.83. The third kappa shape index (κ3) is 3.11. The molecule has 3 heterocycles. The number of fused-ring (bicyclic) bond motifs is 2. The van der Waals surface area contributed by atoms with Crippen LogP contribution >= 0.6 is 0 Å². The molecule has 0 aromatic heterocycles. The minimum Gasteiger partial charge on any atom is -0.454 e. The maximum Gasteiger partial charge on any atom is 0.245 e. The Balaban J connectivity index is 0.000000149. The predicted octanol–water partition coefficient (Wildman–Crippen LogP) is 1.55. The highest BCUT2D eigenvalue weighted by atomic mass is 16.7. The number of benzene rings is 1. The van der Waals surface area contributed by atoms with Gasteiger partial charge in [0.05, 0.1) is 0 Å². The van der Waals surface area contributed by atoms with Crippen molar-refractivity contribution in [3.8, 4) is 11.5 Å². The second-order valence-corrected chi connectivity index (χ2v) is 6.93. The van der Waals surface area contributed by atoms with Gasteiger partial charge in [-0.3, -0.25) is 9.59 Å². The van der Waals surface area contributed by atoms with Crippen LogP contribution in [-0.2, 0) is 9.59 Å². The van der Waals surface area contributed by atoms with Crippen LogP contribution in [0.25, 0.3) is 0 Å². The van der Waals surface area contributed by atoms with Crippen LogP contribution in [0.5, 0.6) is 11.5 Å². The number of nitrogens with zero attached hydrogens (tertiary/aromatic N) is 1. The Kier molecular flexibility index (Phi) is 3.92. The van der Waals surface area contributed by atoms with Gasteiger partial charge in [0.2, 0.25) is 18.6 Å². The summed E-state index contributed by atoms with van der Waals surface area (Å²) in [5.41, 5.74) is 0.0712. The van der Waals surface area contributed by atoms with Crippen LogP contribution < -0.4 is 14.8 Å². The van der Waals surface area contributed by atoms with Gasteiger partial charge >= 0.3 is 0 Å². The van der Waals surface area contributed by atoms with E-state index in [0.29, 0.717) is 13.3 Å². The van der Waals surface area contributed by atoms with E-state index in [-0.39, 0.29) is 29.3 Å². The molecule has 0 saturated carbocycles. The lowest BCUT2D eigenvalue weighted by Crippen LogP contribution is -2.60. The number of carbonyl (C=O) groups excluding carboxylic acids is 2. The maximum atomic E-state index is 11.8. The van der Waals surface area contributed by atoms with E-state index in [9.17, 15) is 9.59 Å². The summed E-state index contributed by atoms with van der Waals surface area (Å²) in [5.74, 6) is 1.75. The van der Waals surface area contributed by atoms with Crippen LogP contribution in [-0.4, -0.2) is 42.1 Å². The number of nitrogens with one attached hydrogen (secondary N) is 1. The van der Waals surface area contributed by atoms with E-state index in [2.05, 4.69) is 19.2 Å². The lowest BCUT2D eigenvalue weighted by Gasteiger charge is -2.32. The van der Waals surface area contributed by atoms with Gasteiger partial charge in [0, 0.05) is 6.54 Å². The first-order valence-electron chi connectivity index (χ1n) is 7.83. The van der Waals surface area contributed by atoms with E-state index < -0.39 is 0 Å². The first kappa shape index (κ1) is 15.6. The highest BCUT2D eigenvalue weighted by Crippen LogP contribution is 2.35. The predicted molar refractivity (Wildman–Crippen MR) is 84.1 cm³/mol. The molecule has 0 bridgehead atoms. The number of hydrogen-bond acceptors (Lipinski definition) is 4. The average Bonchev–Trinajstić information content (AvgIpc) is 3.09. The van der Waals surface area contributed by atoms with Crippen molar-refractivity contribution in [2.75, 3.05) is 13.3 Å². The molecule has 6 nitrogen and oxygen atoms in total. The fraction of sp³-hybridized carbons (Fsp3) is 0.529. The van der Waals surface area contributed by atoms with Gasteiger partial charge in [0.25, 0.3) is 0 Å². The lowest BCUT2D eigenvalue weighted by molar-refractivity contribution is -0.146. The van der Waals surface area contributed by atoms with Gasteiger partial charge in [-0.15, -0.1) is 0 Å². The summed E-state index contributed by atoms with van der Waals surface area (Å²) in [6.45, 7) is 6.99. The SMILES string of the molecule is CC1NC(=O)C2CC(C)(C)CN2C1=O.c1ccc2c(c1)OCO2. The maximum absolute atomic E-state index is 11.8. The summed E-state index contributed by atoms with van der Waals surface area (Å²) in [6.07, 6.45) is 0.775. The van der Waals surface area contributed by atoms with Gasteiger partial charge in [0.15, 0.2) is 11.5 Å². The molecule has 1 aromatic rings. The highest BCUT2D eigenvalue weighted by molar-refractivity contribution is 5.97. The summed E-state index contributed by atoms with van der Waals surface area (Å²) in [5, 5.41) is 2.71. The molecule has 23 heavy (non-hydrogen) atoms. The highest BCUT2D eigenvalue weighted by Gasteiger charge is 2.47. The van der Waals surface area contributed by atoms with Crippen LogP contribution in [0.2, 0.25) is 0 Å². The molecule has 3 aliphatic heterocycles. The average molecular weight is 318 g/mol. The molecule has 2 amide bonds. The topological polar surface area (TPSA) is 67.9 Å². The molecule has 0 aliphatic carbocycles. The van der Waals surface area contributed by atoms with E-state index in [1.54, 1.807) is 11.8 Å². The molecule has 2 atom stereocenters. The van der Waals surface area contributed by atoms with Crippen molar-refractivity contribution in [2.45, 2.75) is 39.3 Å². The largest absolute Gasteiger partial charge is 0.454 e. The molecule has 2 fully saturated rings. The summed E-state index contributed by atoms with van der Waals surface area (Å²) < 4.78 is 10.2. The monoisotopic (exact) mass is 318 g/mol. The second-order valence-electron chi connectivity index (χ2n) is 6.93. The molecule has 4 rings (SSSR count). The summed E-state index contributed by atoms with van der Waals surface area (Å²) >= 11 is 0. The minimum atomic E-state index is -0.354. The van der Waals surface area contributed by atoms with Crippen molar-refractivity contribution in [1.82, 2.24) is 10.2 Å². The second kappa shape index (κ2) is 5.76. The van der Waals surface area contributed by atoms with E-state index >= 15 is 0 Å². The fourth-order valence-electron chi connectivity index (χ4n) is 3.20. The molecule has 1 N–H and O–H groups in total. The van der Waals surface area contributed by atoms with Gasteiger partial charge in [-0.05, 0) is 30.9 Å². The van der Waals surface area contributed by atoms with Crippen LogP contribution in [0.3, 0.4) is 0 Å². The van der Waals surface area contributed by atoms with Crippen LogP contribution in [0, 0.1) is 5.41 Å². The van der Waals surface area contributed by atoms with Gasteiger partial charge in [-0.1, -0.05) is 26.0 Å². The molecular weight excluding hydrogens is 296 g/mol. The van der Waals surface area contributed by atoms with Crippen molar-refractivity contribution in [3.63, 3.8) is 0 Å². The number of amides is 2. The lowest BCUT2D eigenvalue weighted by atomic mass is 9.90. The van der Waals surface area contributed by atoms with E-state index in [0.717, 1.165) is 17.9 Å². The zero-order valence-electron chi connectivity index (χ0n) is 13.7.